The summed E-state index contributed by atoms with van der Waals surface area (Å²) >= 11 is 0. The zero-order valence-electron chi connectivity index (χ0n) is 11.3. The smallest absolute Gasteiger partial charge is 0.289 e. The monoisotopic (exact) mass is 276 g/mol. The Bertz CT molecular complexity index is 554. The summed E-state index contributed by atoms with van der Waals surface area (Å²) in [5.74, 6) is 0.587. The zero-order valence-corrected chi connectivity index (χ0v) is 11.3. The van der Waals surface area contributed by atoms with Crippen molar-refractivity contribution in [1.29, 1.82) is 0 Å². The number of nitrogens with zero attached hydrogens (tertiary/aromatic N) is 1. The van der Waals surface area contributed by atoms with Crippen molar-refractivity contribution in [2.24, 2.45) is 0 Å². The van der Waals surface area contributed by atoms with Gasteiger partial charge in [0.05, 0.1) is 19.4 Å². The first-order valence-corrected chi connectivity index (χ1v) is 6.10. The van der Waals surface area contributed by atoms with Crippen LogP contribution in [-0.2, 0) is 4.74 Å². The van der Waals surface area contributed by atoms with Gasteiger partial charge in [-0.15, -0.1) is 0 Å². The molecule has 0 aliphatic rings. The number of carbonyl (C=O) groups excluding carboxylic acids is 1. The highest BCUT2D eigenvalue weighted by Gasteiger charge is 2.15. The Morgan fingerprint density at radius 1 is 1.40 bits per heavy atom. The molecule has 1 aromatic carbocycles. The molecule has 0 aliphatic heterocycles. The van der Waals surface area contributed by atoms with Gasteiger partial charge in [0.25, 0.3) is 5.91 Å². The second kappa shape index (κ2) is 6.72. The van der Waals surface area contributed by atoms with Gasteiger partial charge in [-0.05, 0) is 17.7 Å². The Kier molecular flexibility index (Phi) is 4.73. The van der Waals surface area contributed by atoms with E-state index in [-0.39, 0.29) is 17.8 Å². The summed E-state index contributed by atoms with van der Waals surface area (Å²) in [5, 5.41) is 6.22. The van der Waals surface area contributed by atoms with E-state index in [1.807, 2.05) is 24.3 Å². The quantitative estimate of drug-likeness (QED) is 0.871. The van der Waals surface area contributed by atoms with Gasteiger partial charge < -0.3 is 19.3 Å². The van der Waals surface area contributed by atoms with Crippen molar-refractivity contribution in [3.63, 3.8) is 0 Å². The molecule has 1 heterocycles. The molecule has 106 valence electrons. The molecule has 1 aromatic heterocycles. The van der Waals surface area contributed by atoms with Crippen LogP contribution >= 0.6 is 0 Å². The average Bonchev–Trinajstić information content (AvgIpc) is 3.02. The number of nitrogens with one attached hydrogen (secondary N) is 1. The SMILES string of the molecule is COc1cccc(C(CNC(=O)c2ccno2)OC)c1. The molecular weight excluding hydrogens is 260 g/mol. The number of carbonyl (C=O) groups is 1. The number of methoxy groups -OCH3 is 2. The molecule has 0 radical (unpaired) electrons. The Morgan fingerprint density at radius 2 is 2.25 bits per heavy atom. The van der Waals surface area contributed by atoms with Crippen molar-refractivity contribution in [1.82, 2.24) is 10.5 Å². The number of hydrogen-bond donors (Lipinski definition) is 1. The molecule has 1 N–H and O–H groups in total. The van der Waals surface area contributed by atoms with Crippen LogP contribution in [-0.4, -0.2) is 31.8 Å². The van der Waals surface area contributed by atoms with Gasteiger partial charge in [-0.25, -0.2) is 0 Å². The Hall–Kier alpha value is -2.34. The molecule has 1 unspecified atom stereocenters. The Balaban J connectivity index is 2.00. The minimum atomic E-state index is -0.326. The molecule has 2 aromatic rings. The van der Waals surface area contributed by atoms with E-state index in [9.17, 15) is 4.79 Å². The van der Waals surface area contributed by atoms with Gasteiger partial charge in [0.2, 0.25) is 5.76 Å². The van der Waals surface area contributed by atoms with E-state index in [1.165, 1.54) is 12.3 Å². The number of benzene rings is 1. The molecule has 1 amide bonds. The summed E-state index contributed by atoms with van der Waals surface area (Å²) in [6, 6.07) is 9.01. The van der Waals surface area contributed by atoms with Gasteiger partial charge in [-0.3, -0.25) is 4.79 Å². The predicted octanol–water partition coefficient (Wildman–Crippen LogP) is 1.80. The summed E-state index contributed by atoms with van der Waals surface area (Å²) < 4.78 is 15.3. The molecule has 1 atom stereocenters. The van der Waals surface area contributed by atoms with Gasteiger partial charge in [0, 0.05) is 19.7 Å². The van der Waals surface area contributed by atoms with E-state index in [2.05, 4.69) is 10.5 Å². The van der Waals surface area contributed by atoms with Crippen LogP contribution in [0.15, 0.2) is 41.1 Å². The van der Waals surface area contributed by atoms with Crippen LogP contribution in [0.2, 0.25) is 0 Å². The topological polar surface area (TPSA) is 73.6 Å². The summed E-state index contributed by atoms with van der Waals surface area (Å²) in [7, 11) is 3.19. The molecular formula is C14H16N2O4. The number of hydrogen-bond acceptors (Lipinski definition) is 5. The summed E-state index contributed by atoms with van der Waals surface area (Å²) in [5.41, 5.74) is 0.921. The first-order valence-electron chi connectivity index (χ1n) is 6.10. The molecule has 0 aliphatic carbocycles. The standard InChI is InChI=1S/C14H16N2O4/c1-18-11-5-3-4-10(8-11)13(19-2)9-15-14(17)12-6-7-16-20-12/h3-8,13H,9H2,1-2H3,(H,15,17). The van der Waals surface area contributed by atoms with Crippen LogP contribution in [0, 0.1) is 0 Å². The predicted molar refractivity (Wildman–Crippen MR) is 71.6 cm³/mol. The number of aromatic nitrogens is 1. The maximum absolute atomic E-state index is 11.8. The lowest BCUT2D eigenvalue weighted by atomic mass is 10.1. The second-order valence-corrected chi connectivity index (χ2v) is 4.09. The minimum Gasteiger partial charge on any atom is -0.497 e. The average molecular weight is 276 g/mol. The lowest BCUT2D eigenvalue weighted by molar-refractivity contribution is 0.0800. The van der Waals surface area contributed by atoms with Gasteiger partial charge >= 0.3 is 0 Å². The highest BCUT2D eigenvalue weighted by atomic mass is 16.5. The van der Waals surface area contributed by atoms with E-state index in [0.29, 0.717) is 6.54 Å². The first-order chi connectivity index (χ1) is 9.74. The zero-order chi connectivity index (χ0) is 14.4. The van der Waals surface area contributed by atoms with Gasteiger partial charge in [-0.1, -0.05) is 17.3 Å². The summed E-state index contributed by atoms with van der Waals surface area (Å²) in [6.07, 6.45) is 1.15. The van der Waals surface area contributed by atoms with Crippen molar-refractivity contribution in [2.75, 3.05) is 20.8 Å². The fourth-order valence-corrected chi connectivity index (χ4v) is 1.78. The fourth-order valence-electron chi connectivity index (χ4n) is 1.78. The van der Waals surface area contributed by atoms with Crippen LogP contribution < -0.4 is 10.1 Å². The van der Waals surface area contributed by atoms with Crippen LogP contribution in [0.1, 0.15) is 22.2 Å². The van der Waals surface area contributed by atoms with Crippen LogP contribution in [0.3, 0.4) is 0 Å². The molecule has 6 heteroatoms. The highest BCUT2D eigenvalue weighted by molar-refractivity contribution is 5.91. The van der Waals surface area contributed by atoms with Crippen molar-refractivity contribution >= 4 is 5.91 Å². The van der Waals surface area contributed by atoms with Crippen molar-refractivity contribution in [2.45, 2.75) is 6.10 Å². The van der Waals surface area contributed by atoms with Crippen molar-refractivity contribution in [3.8, 4) is 5.75 Å². The highest BCUT2D eigenvalue weighted by Crippen LogP contribution is 2.21. The van der Waals surface area contributed by atoms with E-state index in [4.69, 9.17) is 14.0 Å². The van der Waals surface area contributed by atoms with Crippen LogP contribution in [0.4, 0.5) is 0 Å². The van der Waals surface area contributed by atoms with Crippen molar-refractivity contribution in [3.05, 3.63) is 47.9 Å². The van der Waals surface area contributed by atoms with Crippen LogP contribution in [0.25, 0.3) is 0 Å². The van der Waals surface area contributed by atoms with E-state index < -0.39 is 0 Å². The van der Waals surface area contributed by atoms with Gasteiger partial charge in [-0.2, -0.15) is 0 Å². The Morgan fingerprint density at radius 3 is 2.90 bits per heavy atom. The lowest BCUT2D eigenvalue weighted by Crippen LogP contribution is -2.28. The maximum Gasteiger partial charge on any atom is 0.289 e. The van der Waals surface area contributed by atoms with Gasteiger partial charge in [0.1, 0.15) is 5.75 Å². The number of rotatable bonds is 6. The normalized spacial score (nSPS) is 11.9. The Labute approximate surface area is 116 Å². The molecule has 20 heavy (non-hydrogen) atoms. The molecule has 0 saturated heterocycles. The maximum atomic E-state index is 11.8. The van der Waals surface area contributed by atoms with Crippen LogP contribution in [0.5, 0.6) is 5.75 Å². The van der Waals surface area contributed by atoms with E-state index >= 15 is 0 Å². The molecule has 0 fully saturated rings. The summed E-state index contributed by atoms with van der Waals surface area (Å²) in [6.45, 7) is 0.323. The third-order valence-electron chi connectivity index (χ3n) is 2.86. The minimum absolute atomic E-state index is 0.172. The number of amides is 1. The third kappa shape index (κ3) is 3.36. The van der Waals surface area contributed by atoms with E-state index in [0.717, 1.165) is 11.3 Å². The molecule has 6 nitrogen and oxygen atoms in total. The van der Waals surface area contributed by atoms with Gasteiger partial charge in [0.15, 0.2) is 0 Å². The molecule has 0 bridgehead atoms. The first kappa shape index (κ1) is 14.1. The second-order valence-electron chi connectivity index (χ2n) is 4.09. The fraction of sp³-hybridized carbons (Fsp3) is 0.286. The molecule has 0 spiro atoms. The molecule has 2 rings (SSSR count). The largest absolute Gasteiger partial charge is 0.497 e. The van der Waals surface area contributed by atoms with E-state index in [1.54, 1.807) is 14.2 Å². The van der Waals surface area contributed by atoms with Crippen molar-refractivity contribution < 1.29 is 18.8 Å². The molecule has 0 saturated carbocycles. The number of ether oxygens (including phenoxy) is 2. The lowest BCUT2D eigenvalue weighted by Gasteiger charge is -2.16. The summed E-state index contributed by atoms with van der Waals surface area (Å²) in [4.78, 5) is 11.8. The third-order valence-corrected chi connectivity index (χ3v) is 2.86.